The first-order valence-electron chi connectivity index (χ1n) is 12.3. The van der Waals surface area contributed by atoms with Crippen molar-refractivity contribution >= 4 is 33.7 Å². The van der Waals surface area contributed by atoms with E-state index in [2.05, 4.69) is 134 Å². The summed E-state index contributed by atoms with van der Waals surface area (Å²) in [5, 5.41) is 4.89. The van der Waals surface area contributed by atoms with E-state index in [1.54, 1.807) is 0 Å². The van der Waals surface area contributed by atoms with E-state index in [-0.39, 0.29) is 0 Å². The first-order chi connectivity index (χ1) is 17.8. The molecule has 6 rings (SSSR count). The minimum Gasteiger partial charge on any atom is -0.0984 e. The van der Waals surface area contributed by atoms with Crippen LogP contribution in [-0.4, -0.2) is 0 Å². The zero-order valence-corrected chi connectivity index (χ0v) is 20.1. The first-order valence-corrected chi connectivity index (χ1v) is 12.3. The number of fused-ring (bicyclic) bond motifs is 2. The molecule has 0 heteroatoms. The Balaban J connectivity index is 1.61. The Morgan fingerprint density at radius 2 is 0.833 bits per heavy atom. The zero-order chi connectivity index (χ0) is 24.5. The van der Waals surface area contributed by atoms with E-state index >= 15 is 0 Å². The molecule has 0 saturated carbocycles. The van der Waals surface area contributed by atoms with Crippen LogP contribution in [0.5, 0.6) is 0 Å². The van der Waals surface area contributed by atoms with Crippen LogP contribution in [0.4, 0.5) is 0 Å². The molecule has 36 heavy (non-hydrogen) atoms. The lowest BCUT2D eigenvalue weighted by Crippen LogP contribution is -1.96. The molecule has 0 amide bonds. The van der Waals surface area contributed by atoms with E-state index in [9.17, 15) is 0 Å². The standard InChI is InChI=1S/C36H26/c1-3-31-32(4-2)36(34-18-12-11-17-33(34)35(31)26-15-9-6-10-16-26)30-22-21-28-23-27(19-20-29(28)24-30)25-13-7-5-8-14-25/h3-24H,1-2H2. The third kappa shape index (κ3) is 3.65. The summed E-state index contributed by atoms with van der Waals surface area (Å²) in [4.78, 5) is 0. The lowest BCUT2D eigenvalue weighted by atomic mass is 9.83. The molecule has 0 aromatic heterocycles. The van der Waals surface area contributed by atoms with Gasteiger partial charge in [0.05, 0.1) is 0 Å². The highest BCUT2D eigenvalue weighted by atomic mass is 14.2. The molecular weight excluding hydrogens is 432 g/mol. The highest BCUT2D eigenvalue weighted by Gasteiger charge is 2.18. The summed E-state index contributed by atoms with van der Waals surface area (Å²) in [5.74, 6) is 0. The average molecular weight is 459 g/mol. The molecule has 0 N–H and O–H groups in total. The van der Waals surface area contributed by atoms with Crippen LogP contribution in [0.1, 0.15) is 11.1 Å². The highest BCUT2D eigenvalue weighted by Crippen LogP contribution is 2.43. The van der Waals surface area contributed by atoms with E-state index < -0.39 is 0 Å². The van der Waals surface area contributed by atoms with Gasteiger partial charge in [0, 0.05) is 0 Å². The fourth-order valence-electron chi connectivity index (χ4n) is 5.34. The van der Waals surface area contributed by atoms with Gasteiger partial charge in [0.1, 0.15) is 0 Å². The lowest BCUT2D eigenvalue weighted by Gasteiger charge is -2.20. The van der Waals surface area contributed by atoms with E-state index in [1.165, 1.54) is 54.9 Å². The van der Waals surface area contributed by atoms with Crippen LogP contribution in [0.3, 0.4) is 0 Å². The lowest BCUT2D eigenvalue weighted by molar-refractivity contribution is 1.59. The predicted molar refractivity (Wildman–Crippen MR) is 158 cm³/mol. The second-order valence-corrected chi connectivity index (χ2v) is 9.04. The molecule has 0 fully saturated rings. The number of hydrogen-bond acceptors (Lipinski definition) is 0. The molecule has 0 radical (unpaired) electrons. The van der Waals surface area contributed by atoms with Crippen LogP contribution in [0.15, 0.2) is 134 Å². The summed E-state index contributed by atoms with van der Waals surface area (Å²) in [7, 11) is 0. The van der Waals surface area contributed by atoms with Crippen LogP contribution in [-0.2, 0) is 0 Å². The van der Waals surface area contributed by atoms with E-state index in [0.29, 0.717) is 0 Å². The van der Waals surface area contributed by atoms with Crippen LogP contribution < -0.4 is 0 Å². The van der Waals surface area contributed by atoms with Gasteiger partial charge < -0.3 is 0 Å². The van der Waals surface area contributed by atoms with E-state index in [0.717, 1.165) is 11.1 Å². The van der Waals surface area contributed by atoms with Crippen molar-refractivity contribution in [2.24, 2.45) is 0 Å². The van der Waals surface area contributed by atoms with Crippen molar-refractivity contribution in [3.8, 4) is 33.4 Å². The summed E-state index contributed by atoms with van der Waals surface area (Å²) >= 11 is 0. The van der Waals surface area contributed by atoms with Gasteiger partial charge in [0.15, 0.2) is 0 Å². The Kier molecular flexibility index (Phi) is 5.56. The van der Waals surface area contributed by atoms with Crippen molar-refractivity contribution in [2.45, 2.75) is 0 Å². The van der Waals surface area contributed by atoms with Crippen molar-refractivity contribution < 1.29 is 0 Å². The molecular formula is C36H26. The van der Waals surface area contributed by atoms with Gasteiger partial charge in [-0.25, -0.2) is 0 Å². The molecule has 0 aliphatic carbocycles. The summed E-state index contributed by atoms with van der Waals surface area (Å²) < 4.78 is 0. The SMILES string of the molecule is C=Cc1c(C=C)c(-c2ccc3cc(-c4ccccc4)ccc3c2)c2ccccc2c1-c1ccccc1. The third-order valence-corrected chi connectivity index (χ3v) is 7.00. The molecule has 0 saturated heterocycles. The fraction of sp³-hybridized carbons (Fsp3) is 0. The Morgan fingerprint density at radius 1 is 0.389 bits per heavy atom. The Hall–Kier alpha value is -4.68. The monoisotopic (exact) mass is 458 g/mol. The Morgan fingerprint density at radius 3 is 1.39 bits per heavy atom. The molecule has 0 bridgehead atoms. The van der Waals surface area contributed by atoms with Gasteiger partial charge in [0.25, 0.3) is 0 Å². The topological polar surface area (TPSA) is 0 Å². The van der Waals surface area contributed by atoms with Gasteiger partial charge in [-0.2, -0.15) is 0 Å². The van der Waals surface area contributed by atoms with Gasteiger partial charge in [-0.05, 0) is 78.2 Å². The van der Waals surface area contributed by atoms with Crippen LogP contribution in [0.2, 0.25) is 0 Å². The second-order valence-electron chi connectivity index (χ2n) is 9.04. The van der Waals surface area contributed by atoms with Crippen molar-refractivity contribution in [3.05, 3.63) is 146 Å². The van der Waals surface area contributed by atoms with Gasteiger partial charge >= 0.3 is 0 Å². The van der Waals surface area contributed by atoms with E-state index in [1.807, 2.05) is 12.2 Å². The predicted octanol–water partition coefficient (Wildman–Crippen LogP) is 10.3. The quantitative estimate of drug-likeness (QED) is 0.241. The fourth-order valence-corrected chi connectivity index (χ4v) is 5.34. The summed E-state index contributed by atoms with van der Waals surface area (Å²) in [5.41, 5.74) is 9.46. The van der Waals surface area contributed by atoms with Crippen molar-refractivity contribution in [2.75, 3.05) is 0 Å². The summed E-state index contributed by atoms with van der Waals surface area (Å²) in [6.07, 6.45) is 3.95. The minimum atomic E-state index is 1.11. The van der Waals surface area contributed by atoms with Crippen LogP contribution in [0, 0.1) is 0 Å². The normalized spacial score (nSPS) is 11.0. The minimum absolute atomic E-state index is 1.11. The molecule has 0 spiro atoms. The molecule has 0 aliphatic heterocycles. The van der Waals surface area contributed by atoms with Crippen molar-refractivity contribution in [3.63, 3.8) is 0 Å². The van der Waals surface area contributed by atoms with Crippen molar-refractivity contribution in [1.82, 2.24) is 0 Å². The Labute approximate surface area is 212 Å². The smallest absolute Gasteiger partial charge is 0.00264 e. The molecule has 0 nitrogen and oxygen atoms in total. The zero-order valence-electron chi connectivity index (χ0n) is 20.1. The molecule has 0 heterocycles. The first kappa shape index (κ1) is 21.8. The number of hydrogen-bond donors (Lipinski definition) is 0. The average Bonchev–Trinajstić information content (AvgIpc) is 2.96. The van der Waals surface area contributed by atoms with Gasteiger partial charge in [-0.15, -0.1) is 0 Å². The van der Waals surface area contributed by atoms with Gasteiger partial charge in [-0.1, -0.05) is 135 Å². The number of rotatable bonds is 5. The van der Waals surface area contributed by atoms with E-state index in [4.69, 9.17) is 0 Å². The molecule has 6 aromatic carbocycles. The van der Waals surface area contributed by atoms with Crippen molar-refractivity contribution in [1.29, 1.82) is 0 Å². The summed E-state index contributed by atoms with van der Waals surface area (Å²) in [6.45, 7) is 8.43. The largest absolute Gasteiger partial charge is 0.0984 e. The maximum Gasteiger partial charge on any atom is -0.00264 e. The van der Waals surface area contributed by atoms with Crippen LogP contribution in [0.25, 0.3) is 67.1 Å². The maximum absolute atomic E-state index is 4.23. The second kappa shape index (κ2) is 9.17. The number of benzene rings is 6. The Bertz CT molecular complexity index is 1740. The molecule has 170 valence electrons. The van der Waals surface area contributed by atoms with Gasteiger partial charge in [0.2, 0.25) is 0 Å². The molecule has 6 aromatic rings. The maximum atomic E-state index is 4.23. The molecule has 0 aliphatic rings. The molecule has 0 atom stereocenters. The summed E-state index contributed by atoms with van der Waals surface area (Å²) in [6, 6.07) is 43.3. The van der Waals surface area contributed by atoms with Gasteiger partial charge in [-0.3, -0.25) is 0 Å². The van der Waals surface area contributed by atoms with Crippen LogP contribution >= 0.6 is 0 Å². The third-order valence-electron chi connectivity index (χ3n) is 7.00. The highest BCUT2D eigenvalue weighted by molar-refractivity contribution is 6.12. The molecule has 0 unspecified atom stereocenters.